The highest BCUT2D eigenvalue weighted by Crippen LogP contribution is 2.32. The van der Waals surface area contributed by atoms with Gasteiger partial charge in [0.1, 0.15) is 5.69 Å². The van der Waals surface area contributed by atoms with Gasteiger partial charge in [-0.3, -0.25) is 0 Å². The van der Waals surface area contributed by atoms with Crippen molar-refractivity contribution < 1.29 is 0 Å². The van der Waals surface area contributed by atoms with Crippen molar-refractivity contribution in [2.24, 2.45) is 0 Å². The van der Waals surface area contributed by atoms with Gasteiger partial charge in [0.15, 0.2) is 0 Å². The van der Waals surface area contributed by atoms with Crippen molar-refractivity contribution in [2.45, 2.75) is 0 Å². The standard InChI is InChI=1S/C6H5N3.C6H4/c1-2-5-3-4-8-6(7)9-5;1-2-5-4-6(5)3-1/h1,3-4H,(H2,7,8,9);1-4H. The Balaban J connectivity index is 0.000000121. The van der Waals surface area contributed by atoms with Crippen molar-refractivity contribution in [2.75, 3.05) is 5.73 Å². The van der Waals surface area contributed by atoms with Crippen molar-refractivity contribution in [3.8, 4) is 23.5 Å². The summed E-state index contributed by atoms with van der Waals surface area (Å²) in [5.74, 6) is 2.55. The van der Waals surface area contributed by atoms with Gasteiger partial charge in [0, 0.05) is 6.20 Å². The second-order valence-corrected chi connectivity index (χ2v) is 3.03. The van der Waals surface area contributed by atoms with Gasteiger partial charge in [0.05, 0.1) is 0 Å². The number of aromatic nitrogens is 2. The Labute approximate surface area is 88.0 Å². The molecule has 0 spiro atoms. The van der Waals surface area contributed by atoms with Gasteiger partial charge in [-0.2, -0.15) is 0 Å². The van der Waals surface area contributed by atoms with Gasteiger partial charge < -0.3 is 5.73 Å². The molecule has 3 heteroatoms. The predicted molar refractivity (Wildman–Crippen MR) is 59.8 cm³/mol. The van der Waals surface area contributed by atoms with Gasteiger partial charge in [-0.05, 0) is 23.3 Å². The first-order chi connectivity index (χ1) is 7.29. The lowest BCUT2D eigenvalue weighted by atomic mass is 10.4. The van der Waals surface area contributed by atoms with Crippen LogP contribution in [-0.4, -0.2) is 9.97 Å². The zero-order valence-electron chi connectivity index (χ0n) is 8.01. The highest BCUT2D eigenvalue weighted by molar-refractivity contribution is 5.80. The quantitative estimate of drug-likeness (QED) is 0.555. The van der Waals surface area contributed by atoms with Crippen LogP contribution in [0.5, 0.6) is 0 Å². The maximum Gasteiger partial charge on any atom is 0.221 e. The van der Waals surface area contributed by atoms with Crippen LogP contribution in [-0.2, 0) is 0 Å². The van der Waals surface area contributed by atoms with E-state index >= 15 is 0 Å². The lowest BCUT2D eigenvalue weighted by Crippen LogP contribution is -1.94. The normalized spacial score (nSPS) is 9.53. The number of hydrogen-bond acceptors (Lipinski definition) is 3. The lowest BCUT2D eigenvalue weighted by Gasteiger charge is -1.88. The molecule has 2 aliphatic carbocycles. The summed E-state index contributed by atoms with van der Waals surface area (Å²) in [6, 6.07) is 10.1. The smallest absolute Gasteiger partial charge is 0.221 e. The Kier molecular flexibility index (Phi) is 2.34. The number of anilines is 1. The van der Waals surface area contributed by atoms with Crippen LogP contribution in [0.15, 0.2) is 36.5 Å². The van der Waals surface area contributed by atoms with Gasteiger partial charge in [-0.1, -0.05) is 24.1 Å². The Morgan fingerprint density at radius 3 is 2.27 bits per heavy atom. The van der Waals surface area contributed by atoms with E-state index in [1.165, 1.54) is 17.3 Å². The lowest BCUT2D eigenvalue weighted by molar-refractivity contribution is 1.17. The molecule has 1 aromatic rings. The topological polar surface area (TPSA) is 51.8 Å². The number of hydrogen-bond donors (Lipinski definition) is 1. The molecule has 15 heavy (non-hydrogen) atoms. The van der Waals surface area contributed by atoms with Crippen LogP contribution in [0.25, 0.3) is 11.1 Å². The Bertz CT molecular complexity index is 509. The molecule has 0 saturated heterocycles. The first-order valence-electron chi connectivity index (χ1n) is 4.45. The summed E-state index contributed by atoms with van der Waals surface area (Å²) in [5.41, 5.74) is 8.58. The minimum atomic E-state index is 0.213. The Morgan fingerprint density at radius 1 is 1.20 bits per heavy atom. The molecule has 0 atom stereocenters. The summed E-state index contributed by atoms with van der Waals surface area (Å²) in [4.78, 5) is 7.38. The summed E-state index contributed by atoms with van der Waals surface area (Å²) < 4.78 is 0. The maximum absolute atomic E-state index is 5.22. The second kappa shape index (κ2) is 3.81. The molecule has 3 nitrogen and oxygen atoms in total. The molecule has 0 bridgehead atoms. The van der Waals surface area contributed by atoms with Crippen LogP contribution in [0.1, 0.15) is 5.69 Å². The molecule has 0 radical (unpaired) electrons. The fourth-order valence-corrected chi connectivity index (χ4v) is 1.13. The van der Waals surface area contributed by atoms with Gasteiger partial charge in [0.25, 0.3) is 0 Å². The SMILES string of the molecule is C#Cc1ccnc(N)n1.c1cc2cc-2c1. The third-order valence-corrected chi connectivity index (χ3v) is 1.93. The van der Waals surface area contributed by atoms with Crippen LogP contribution in [0.2, 0.25) is 0 Å². The summed E-state index contributed by atoms with van der Waals surface area (Å²) in [7, 11) is 0. The van der Waals surface area contributed by atoms with Crippen molar-refractivity contribution in [1.29, 1.82) is 0 Å². The van der Waals surface area contributed by atoms with E-state index in [4.69, 9.17) is 12.2 Å². The average Bonchev–Trinajstić information content (AvgIpc) is 2.87. The van der Waals surface area contributed by atoms with Gasteiger partial charge in [-0.15, -0.1) is 6.42 Å². The zero-order valence-corrected chi connectivity index (χ0v) is 8.01. The van der Waals surface area contributed by atoms with E-state index in [1.807, 2.05) is 0 Å². The number of nitrogen functional groups attached to an aromatic ring is 1. The summed E-state index contributed by atoms with van der Waals surface area (Å²) >= 11 is 0. The molecule has 3 rings (SSSR count). The number of nitrogens with two attached hydrogens (primary N) is 1. The number of fused-ring (bicyclic) bond motifs is 1. The second-order valence-electron chi connectivity index (χ2n) is 3.03. The van der Waals surface area contributed by atoms with Crippen LogP contribution in [0.4, 0.5) is 5.95 Å². The number of terminal acetylenes is 1. The van der Waals surface area contributed by atoms with Crippen molar-refractivity contribution in [1.82, 2.24) is 9.97 Å². The predicted octanol–water partition coefficient (Wildman–Crippen LogP) is 1.71. The number of rotatable bonds is 0. The molecule has 2 N–H and O–H groups in total. The van der Waals surface area contributed by atoms with Crippen LogP contribution < -0.4 is 5.73 Å². The van der Waals surface area contributed by atoms with E-state index in [1.54, 1.807) is 6.07 Å². The third kappa shape index (κ3) is 2.32. The van der Waals surface area contributed by atoms with E-state index in [9.17, 15) is 0 Å². The van der Waals surface area contributed by atoms with Gasteiger partial charge in [0.2, 0.25) is 5.95 Å². The minimum absolute atomic E-state index is 0.213. The monoisotopic (exact) mass is 195 g/mol. The van der Waals surface area contributed by atoms with Gasteiger partial charge in [-0.25, -0.2) is 9.97 Å². The zero-order chi connectivity index (χ0) is 10.7. The molecule has 2 aliphatic rings. The molecule has 0 fully saturated rings. The van der Waals surface area contributed by atoms with E-state index < -0.39 is 0 Å². The summed E-state index contributed by atoms with van der Waals surface area (Å²) in [6.07, 6.45) is 6.55. The van der Waals surface area contributed by atoms with Gasteiger partial charge >= 0.3 is 0 Å². The highest BCUT2D eigenvalue weighted by Gasteiger charge is 2.06. The van der Waals surface area contributed by atoms with E-state index in [0.717, 1.165) is 0 Å². The van der Waals surface area contributed by atoms with E-state index in [2.05, 4.69) is 40.2 Å². The van der Waals surface area contributed by atoms with Crippen molar-refractivity contribution in [3.63, 3.8) is 0 Å². The molecule has 0 aromatic carbocycles. The molecule has 1 aromatic heterocycles. The van der Waals surface area contributed by atoms with E-state index in [0.29, 0.717) is 5.69 Å². The number of nitrogens with zero attached hydrogens (tertiary/aromatic N) is 2. The van der Waals surface area contributed by atoms with Crippen molar-refractivity contribution >= 4 is 5.95 Å². The molecule has 1 heterocycles. The maximum atomic E-state index is 5.22. The van der Waals surface area contributed by atoms with Crippen LogP contribution in [0, 0.1) is 12.3 Å². The summed E-state index contributed by atoms with van der Waals surface area (Å²) in [6.45, 7) is 0. The van der Waals surface area contributed by atoms with Crippen molar-refractivity contribution in [3.05, 3.63) is 42.2 Å². The molecule has 0 aliphatic heterocycles. The summed E-state index contributed by atoms with van der Waals surface area (Å²) in [5, 5.41) is 0. The fraction of sp³-hybridized carbons (Fsp3) is 0. The highest BCUT2D eigenvalue weighted by atomic mass is 15.0. The first kappa shape index (κ1) is 9.22. The molecule has 0 saturated carbocycles. The first-order valence-corrected chi connectivity index (χ1v) is 4.45. The Hall–Kier alpha value is -2.34. The molecule has 0 amide bonds. The molecule has 72 valence electrons. The average molecular weight is 195 g/mol. The Morgan fingerprint density at radius 2 is 1.93 bits per heavy atom. The molecular weight excluding hydrogens is 186 g/mol. The van der Waals surface area contributed by atoms with Crippen LogP contribution in [0.3, 0.4) is 0 Å². The molecule has 0 unspecified atom stereocenters. The minimum Gasteiger partial charge on any atom is -0.368 e. The number of benzene rings is 1. The fourth-order valence-electron chi connectivity index (χ4n) is 1.13. The van der Waals surface area contributed by atoms with Crippen LogP contribution >= 0.6 is 0 Å². The van der Waals surface area contributed by atoms with E-state index in [-0.39, 0.29) is 5.95 Å². The molecular formula is C12H9N3. The third-order valence-electron chi connectivity index (χ3n) is 1.93. The largest absolute Gasteiger partial charge is 0.368 e.